The lowest BCUT2D eigenvalue weighted by atomic mass is 9.88. The predicted molar refractivity (Wildman–Crippen MR) is 62.1 cm³/mol. The van der Waals surface area contributed by atoms with Crippen LogP contribution in [-0.4, -0.2) is 40.1 Å². The minimum Gasteiger partial charge on any atom is -0.384 e. The SMILES string of the molecule is CCC(OC)C(C)C(OC)C(C)COC. The molecule has 0 aromatic heterocycles. The molecule has 0 spiro atoms. The summed E-state index contributed by atoms with van der Waals surface area (Å²) in [5, 5.41) is 0. The molecule has 0 heterocycles. The van der Waals surface area contributed by atoms with Crippen LogP contribution < -0.4 is 0 Å². The van der Waals surface area contributed by atoms with E-state index >= 15 is 0 Å². The molecule has 0 rings (SSSR count). The summed E-state index contributed by atoms with van der Waals surface area (Å²) < 4.78 is 16.2. The second-order valence-corrected chi connectivity index (χ2v) is 4.17. The Balaban J connectivity index is 4.36. The van der Waals surface area contributed by atoms with Gasteiger partial charge in [0.05, 0.1) is 18.8 Å². The van der Waals surface area contributed by atoms with Crippen molar-refractivity contribution in [2.45, 2.75) is 39.4 Å². The number of hydrogen-bond donors (Lipinski definition) is 0. The first-order chi connectivity index (χ1) is 7.12. The molecule has 0 saturated carbocycles. The summed E-state index contributed by atoms with van der Waals surface area (Å²) in [6.07, 6.45) is 1.46. The zero-order valence-electron chi connectivity index (χ0n) is 10.9. The van der Waals surface area contributed by atoms with E-state index in [2.05, 4.69) is 20.8 Å². The van der Waals surface area contributed by atoms with Gasteiger partial charge in [0.2, 0.25) is 0 Å². The summed E-state index contributed by atoms with van der Waals surface area (Å²) in [4.78, 5) is 0. The molecule has 0 N–H and O–H groups in total. The van der Waals surface area contributed by atoms with Gasteiger partial charge in [0.15, 0.2) is 0 Å². The topological polar surface area (TPSA) is 27.7 Å². The number of ether oxygens (including phenoxy) is 3. The molecule has 4 atom stereocenters. The van der Waals surface area contributed by atoms with Crippen molar-refractivity contribution in [1.29, 1.82) is 0 Å². The molecule has 0 aromatic carbocycles. The molecule has 0 aromatic rings. The molecule has 3 heteroatoms. The molecule has 0 amide bonds. The van der Waals surface area contributed by atoms with Gasteiger partial charge in [-0.3, -0.25) is 0 Å². The maximum Gasteiger partial charge on any atom is 0.0669 e. The second kappa shape index (κ2) is 8.08. The molecule has 0 aliphatic carbocycles. The van der Waals surface area contributed by atoms with Crippen molar-refractivity contribution < 1.29 is 14.2 Å². The van der Waals surface area contributed by atoms with Gasteiger partial charge in [-0.25, -0.2) is 0 Å². The lowest BCUT2D eigenvalue weighted by molar-refractivity contribution is -0.0622. The van der Waals surface area contributed by atoms with Gasteiger partial charge in [-0.05, 0) is 6.42 Å². The van der Waals surface area contributed by atoms with E-state index in [0.29, 0.717) is 11.8 Å². The second-order valence-electron chi connectivity index (χ2n) is 4.17. The first-order valence-electron chi connectivity index (χ1n) is 5.66. The van der Waals surface area contributed by atoms with E-state index in [0.717, 1.165) is 13.0 Å². The van der Waals surface area contributed by atoms with Crippen LogP contribution >= 0.6 is 0 Å². The van der Waals surface area contributed by atoms with Crippen LogP contribution in [0.5, 0.6) is 0 Å². The third kappa shape index (κ3) is 4.49. The molecule has 0 aliphatic heterocycles. The largest absolute Gasteiger partial charge is 0.384 e. The van der Waals surface area contributed by atoms with Crippen LogP contribution in [-0.2, 0) is 14.2 Å². The van der Waals surface area contributed by atoms with Gasteiger partial charge in [-0.1, -0.05) is 20.8 Å². The summed E-state index contributed by atoms with van der Waals surface area (Å²) in [5.74, 6) is 0.773. The summed E-state index contributed by atoms with van der Waals surface area (Å²) in [7, 11) is 5.25. The molecule has 3 nitrogen and oxygen atoms in total. The minimum absolute atomic E-state index is 0.190. The maximum absolute atomic E-state index is 5.55. The van der Waals surface area contributed by atoms with Gasteiger partial charge in [-0.15, -0.1) is 0 Å². The van der Waals surface area contributed by atoms with Crippen molar-refractivity contribution in [3.05, 3.63) is 0 Å². The van der Waals surface area contributed by atoms with Crippen molar-refractivity contribution in [2.75, 3.05) is 27.9 Å². The van der Waals surface area contributed by atoms with E-state index in [-0.39, 0.29) is 12.2 Å². The third-order valence-corrected chi connectivity index (χ3v) is 3.07. The Labute approximate surface area is 94.1 Å². The smallest absolute Gasteiger partial charge is 0.0669 e. The molecule has 0 fully saturated rings. The highest BCUT2D eigenvalue weighted by Gasteiger charge is 2.28. The Morgan fingerprint density at radius 1 is 1.00 bits per heavy atom. The molecule has 0 aliphatic rings. The molecule has 0 saturated heterocycles. The zero-order valence-corrected chi connectivity index (χ0v) is 10.9. The average Bonchev–Trinajstić information content (AvgIpc) is 2.21. The Morgan fingerprint density at radius 2 is 1.60 bits per heavy atom. The Kier molecular flexibility index (Phi) is 8.02. The molecule has 15 heavy (non-hydrogen) atoms. The lowest BCUT2D eigenvalue weighted by Gasteiger charge is -2.32. The molecular weight excluding hydrogens is 192 g/mol. The highest BCUT2D eigenvalue weighted by molar-refractivity contribution is 4.78. The van der Waals surface area contributed by atoms with Gasteiger partial charge in [0, 0.05) is 33.2 Å². The molecule has 0 radical (unpaired) electrons. The van der Waals surface area contributed by atoms with Crippen LogP contribution in [0.4, 0.5) is 0 Å². The van der Waals surface area contributed by atoms with Crippen molar-refractivity contribution in [1.82, 2.24) is 0 Å². The quantitative estimate of drug-likeness (QED) is 0.626. The summed E-state index contributed by atoms with van der Waals surface area (Å²) in [5.41, 5.74) is 0. The summed E-state index contributed by atoms with van der Waals surface area (Å²) in [6, 6.07) is 0. The van der Waals surface area contributed by atoms with Gasteiger partial charge in [0.25, 0.3) is 0 Å². The van der Waals surface area contributed by atoms with Gasteiger partial charge in [0.1, 0.15) is 0 Å². The number of hydrogen-bond acceptors (Lipinski definition) is 3. The van der Waals surface area contributed by atoms with Crippen molar-refractivity contribution in [2.24, 2.45) is 11.8 Å². The highest BCUT2D eigenvalue weighted by Crippen LogP contribution is 2.23. The predicted octanol–water partition coefficient (Wildman–Crippen LogP) is 2.35. The molecule has 92 valence electrons. The molecular formula is C12H26O3. The van der Waals surface area contributed by atoms with Gasteiger partial charge < -0.3 is 14.2 Å². The fraction of sp³-hybridized carbons (Fsp3) is 1.00. The fourth-order valence-electron chi connectivity index (χ4n) is 2.29. The monoisotopic (exact) mass is 218 g/mol. The van der Waals surface area contributed by atoms with E-state index in [4.69, 9.17) is 14.2 Å². The Bertz CT molecular complexity index is 146. The van der Waals surface area contributed by atoms with Crippen LogP contribution in [0.3, 0.4) is 0 Å². The van der Waals surface area contributed by atoms with Crippen LogP contribution in [0.15, 0.2) is 0 Å². The van der Waals surface area contributed by atoms with Gasteiger partial charge in [-0.2, -0.15) is 0 Å². The van der Waals surface area contributed by atoms with Crippen LogP contribution in [0.25, 0.3) is 0 Å². The average molecular weight is 218 g/mol. The van der Waals surface area contributed by atoms with Crippen molar-refractivity contribution in [3.63, 3.8) is 0 Å². The maximum atomic E-state index is 5.55. The van der Waals surface area contributed by atoms with E-state index in [1.807, 2.05) is 0 Å². The summed E-state index contributed by atoms with van der Waals surface area (Å²) in [6.45, 7) is 7.19. The van der Waals surface area contributed by atoms with E-state index < -0.39 is 0 Å². The first-order valence-corrected chi connectivity index (χ1v) is 5.66. The molecule has 4 unspecified atom stereocenters. The van der Waals surface area contributed by atoms with Gasteiger partial charge >= 0.3 is 0 Å². The van der Waals surface area contributed by atoms with Crippen molar-refractivity contribution in [3.8, 4) is 0 Å². The van der Waals surface area contributed by atoms with E-state index in [1.165, 1.54) is 0 Å². The standard InChI is InChI=1S/C12H26O3/c1-7-11(14-5)10(3)12(15-6)9(2)8-13-4/h9-12H,7-8H2,1-6H3. The third-order valence-electron chi connectivity index (χ3n) is 3.07. The van der Waals surface area contributed by atoms with Crippen LogP contribution in [0.1, 0.15) is 27.2 Å². The van der Waals surface area contributed by atoms with E-state index in [9.17, 15) is 0 Å². The lowest BCUT2D eigenvalue weighted by Crippen LogP contribution is -2.37. The van der Waals surface area contributed by atoms with Crippen LogP contribution in [0.2, 0.25) is 0 Å². The Hall–Kier alpha value is -0.120. The number of methoxy groups -OCH3 is 3. The fourth-order valence-corrected chi connectivity index (χ4v) is 2.29. The minimum atomic E-state index is 0.190. The first kappa shape index (κ1) is 14.9. The Morgan fingerprint density at radius 3 is 1.93 bits per heavy atom. The normalized spacial score (nSPS) is 19.6. The molecule has 0 bridgehead atoms. The van der Waals surface area contributed by atoms with E-state index in [1.54, 1.807) is 21.3 Å². The van der Waals surface area contributed by atoms with Crippen LogP contribution in [0, 0.1) is 11.8 Å². The number of rotatable bonds is 8. The van der Waals surface area contributed by atoms with Crippen molar-refractivity contribution >= 4 is 0 Å². The zero-order chi connectivity index (χ0) is 11.8. The summed E-state index contributed by atoms with van der Waals surface area (Å²) >= 11 is 0. The highest BCUT2D eigenvalue weighted by atomic mass is 16.5.